The molecule has 0 spiro atoms. The molecule has 0 saturated heterocycles. The van der Waals surface area contributed by atoms with Crippen molar-refractivity contribution >= 4 is 17.9 Å². The summed E-state index contributed by atoms with van der Waals surface area (Å²) in [7, 11) is 3.37. The molecule has 19 heavy (non-hydrogen) atoms. The highest BCUT2D eigenvalue weighted by Crippen LogP contribution is 2.36. The SMILES string of the molecule is COc1cc(C=O)cc(Cl)c1OCc1cncn1C. The van der Waals surface area contributed by atoms with E-state index in [1.807, 2.05) is 11.6 Å². The number of carbonyl (C=O) groups excluding carboxylic acids is 1. The van der Waals surface area contributed by atoms with Gasteiger partial charge in [0, 0.05) is 12.6 Å². The Balaban J connectivity index is 2.24. The summed E-state index contributed by atoms with van der Waals surface area (Å²) >= 11 is 6.09. The zero-order valence-corrected chi connectivity index (χ0v) is 11.3. The number of rotatable bonds is 5. The summed E-state index contributed by atoms with van der Waals surface area (Å²) in [6, 6.07) is 3.12. The summed E-state index contributed by atoms with van der Waals surface area (Å²) in [6.07, 6.45) is 4.10. The van der Waals surface area contributed by atoms with Crippen LogP contribution in [0, 0.1) is 0 Å². The number of aromatic nitrogens is 2. The van der Waals surface area contributed by atoms with Crippen molar-refractivity contribution in [3.63, 3.8) is 0 Å². The second-order valence-corrected chi connectivity index (χ2v) is 4.34. The number of halogens is 1. The molecule has 1 aromatic carbocycles. The molecule has 0 bridgehead atoms. The van der Waals surface area contributed by atoms with E-state index in [-0.39, 0.29) is 0 Å². The fourth-order valence-corrected chi connectivity index (χ4v) is 1.89. The fraction of sp³-hybridized carbons (Fsp3) is 0.231. The molecule has 6 heteroatoms. The van der Waals surface area contributed by atoms with Crippen LogP contribution in [0.15, 0.2) is 24.7 Å². The molecule has 0 amide bonds. The third kappa shape index (κ3) is 2.88. The van der Waals surface area contributed by atoms with E-state index in [1.54, 1.807) is 18.6 Å². The van der Waals surface area contributed by atoms with E-state index >= 15 is 0 Å². The van der Waals surface area contributed by atoms with Gasteiger partial charge in [-0.25, -0.2) is 4.98 Å². The van der Waals surface area contributed by atoms with Crippen LogP contribution in [-0.2, 0) is 13.7 Å². The first-order chi connectivity index (χ1) is 9.15. The number of hydrogen-bond acceptors (Lipinski definition) is 4. The van der Waals surface area contributed by atoms with Crippen LogP contribution in [0.5, 0.6) is 11.5 Å². The van der Waals surface area contributed by atoms with Gasteiger partial charge in [0.05, 0.1) is 30.4 Å². The summed E-state index contributed by atoms with van der Waals surface area (Å²) < 4.78 is 12.7. The molecule has 0 fully saturated rings. The van der Waals surface area contributed by atoms with E-state index in [1.165, 1.54) is 13.2 Å². The van der Waals surface area contributed by atoms with Gasteiger partial charge in [0.15, 0.2) is 11.5 Å². The second kappa shape index (κ2) is 5.75. The Bertz CT molecular complexity index is 596. The number of carbonyl (C=O) groups is 1. The molecule has 100 valence electrons. The van der Waals surface area contributed by atoms with Gasteiger partial charge in [-0.1, -0.05) is 11.6 Å². The Morgan fingerprint density at radius 3 is 2.84 bits per heavy atom. The van der Waals surface area contributed by atoms with Crippen LogP contribution in [0.25, 0.3) is 0 Å². The third-order valence-electron chi connectivity index (χ3n) is 2.67. The lowest BCUT2D eigenvalue weighted by atomic mass is 10.2. The molecule has 0 aliphatic carbocycles. The average molecular weight is 281 g/mol. The standard InChI is InChI=1S/C13H13ClN2O3/c1-16-8-15-5-10(16)7-19-13-11(14)3-9(6-17)4-12(13)18-2/h3-6,8H,7H2,1-2H3. The number of methoxy groups -OCH3 is 1. The number of hydrogen-bond donors (Lipinski definition) is 0. The minimum Gasteiger partial charge on any atom is -0.493 e. The topological polar surface area (TPSA) is 53.4 Å². The minimum absolute atomic E-state index is 0.313. The first-order valence-corrected chi connectivity index (χ1v) is 5.94. The van der Waals surface area contributed by atoms with Gasteiger partial charge in [-0.3, -0.25) is 4.79 Å². The molecule has 0 radical (unpaired) electrons. The van der Waals surface area contributed by atoms with Crippen molar-refractivity contribution in [1.82, 2.24) is 9.55 Å². The van der Waals surface area contributed by atoms with E-state index in [0.717, 1.165) is 5.69 Å². The molecule has 0 atom stereocenters. The Morgan fingerprint density at radius 2 is 2.26 bits per heavy atom. The molecule has 2 rings (SSSR count). The molecular weight excluding hydrogens is 268 g/mol. The van der Waals surface area contributed by atoms with Gasteiger partial charge in [-0.05, 0) is 12.1 Å². The van der Waals surface area contributed by atoms with Gasteiger partial charge in [0.2, 0.25) is 0 Å². The molecule has 0 N–H and O–H groups in total. The highest BCUT2D eigenvalue weighted by molar-refractivity contribution is 6.32. The maximum Gasteiger partial charge on any atom is 0.180 e. The maximum absolute atomic E-state index is 10.8. The molecule has 5 nitrogen and oxygen atoms in total. The van der Waals surface area contributed by atoms with E-state index < -0.39 is 0 Å². The lowest BCUT2D eigenvalue weighted by Gasteiger charge is -2.13. The van der Waals surface area contributed by atoms with Crippen molar-refractivity contribution < 1.29 is 14.3 Å². The van der Waals surface area contributed by atoms with Gasteiger partial charge >= 0.3 is 0 Å². The number of ether oxygens (including phenoxy) is 2. The second-order valence-electron chi connectivity index (χ2n) is 3.94. The zero-order valence-electron chi connectivity index (χ0n) is 10.6. The molecular formula is C13H13ClN2O3. The first-order valence-electron chi connectivity index (χ1n) is 5.56. The fourth-order valence-electron chi connectivity index (χ4n) is 1.62. The average Bonchev–Trinajstić information content (AvgIpc) is 2.82. The Hall–Kier alpha value is -2.01. The summed E-state index contributed by atoms with van der Waals surface area (Å²) in [5.74, 6) is 0.840. The highest BCUT2D eigenvalue weighted by Gasteiger charge is 2.12. The van der Waals surface area contributed by atoms with Crippen molar-refractivity contribution in [2.24, 2.45) is 7.05 Å². The van der Waals surface area contributed by atoms with Crippen LogP contribution >= 0.6 is 11.6 Å². The van der Waals surface area contributed by atoms with Gasteiger partial charge in [-0.2, -0.15) is 0 Å². The van der Waals surface area contributed by atoms with Crippen LogP contribution in [0.1, 0.15) is 16.1 Å². The van der Waals surface area contributed by atoms with Crippen LogP contribution in [0.2, 0.25) is 5.02 Å². The van der Waals surface area contributed by atoms with Gasteiger partial charge in [0.1, 0.15) is 12.9 Å². The Kier molecular flexibility index (Phi) is 4.06. The van der Waals surface area contributed by atoms with Crippen LogP contribution in [0.4, 0.5) is 0 Å². The van der Waals surface area contributed by atoms with Crippen LogP contribution < -0.4 is 9.47 Å². The molecule has 0 aliphatic heterocycles. The van der Waals surface area contributed by atoms with Gasteiger partial charge in [0.25, 0.3) is 0 Å². The smallest absolute Gasteiger partial charge is 0.180 e. The number of aldehydes is 1. The number of imidazole rings is 1. The van der Waals surface area contributed by atoms with Crippen LogP contribution in [0.3, 0.4) is 0 Å². The summed E-state index contributed by atoms with van der Waals surface area (Å²) in [5, 5.41) is 0.337. The Labute approximate surface area is 115 Å². The lowest BCUT2D eigenvalue weighted by molar-refractivity contribution is 0.112. The van der Waals surface area contributed by atoms with E-state index in [4.69, 9.17) is 21.1 Å². The molecule has 1 aromatic heterocycles. The largest absolute Gasteiger partial charge is 0.493 e. The first kappa shape index (κ1) is 13.4. The minimum atomic E-state index is 0.313. The predicted octanol–water partition coefficient (Wildman–Crippen LogP) is 2.47. The number of nitrogens with zero attached hydrogens (tertiary/aromatic N) is 2. The molecule has 2 aromatic rings. The van der Waals surface area contributed by atoms with E-state index in [9.17, 15) is 4.79 Å². The highest BCUT2D eigenvalue weighted by atomic mass is 35.5. The molecule has 0 unspecified atom stereocenters. The van der Waals surface area contributed by atoms with Crippen molar-refractivity contribution in [1.29, 1.82) is 0 Å². The van der Waals surface area contributed by atoms with Gasteiger partial charge in [-0.15, -0.1) is 0 Å². The number of aryl methyl sites for hydroxylation is 1. The summed E-state index contributed by atoms with van der Waals surface area (Å²) in [6.45, 7) is 0.313. The zero-order chi connectivity index (χ0) is 13.8. The van der Waals surface area contributed by atoms with Crippen molar-refractivity contribution in [3.8, 4) is 11.5 Å². The van der Waals surface area contributed by atoms with Gasteiger partial charge < -0.3 is 14.0 Å². The van der Waals surface area contributed by atoms with Crippen LogP contribution in [-0.4, -0.2) is 22.9 Å². The lowest BCUT2D eigenvalue weighted by Crippen LogP contribution is -2.03. The van der Waals surface area contributed by atoms with E-state index in [2.05, 4.69) is 4.98 Å². The maximum atomic E-state index is 10.8. The monoisotopic (exact) mass is 280 g/mol. The third-order valence-corrected chi connectivity index (χ3v) is 2.95. The molecule has 1 heterocycles. The molecule has 0 saturated carbocycles. The predicted molar refractivity (Wildman–Crippen MR) is 70.9 cm³/mol. The Morgan fingerprint density at radius 1 is 1.47 bits per heavy atom. The summed E-state index contributed by atoms with van der Waals surface area (Å²) in [5.41, 5.74) is 1.34. The molecule has 0 aliphatic rings. The normalized spacial score (nSPS) is 10.3. The summed E-state index contributed by atoms with van der Waals surface area (Å²) in [4.78, 5) is 14.8. The van der Waals surface area contributed by atoms with E-state index in [0.29, 0.717) is 35.0 Å². The van der Waals surface area contributed by atoms with Crippen molar-refractivity contribution in [3.05, 3.63) is 40.9 Å². The van der Waals surface area contributed by atoms with Crippen molar-refractivity contribution in [2.45, 2.75) is 6.61 Å². The van der Waals surface area contributed by atoms with Crippen molar-refractivity contribution in [2.75, 3.05) is 7.11 Å². The number of benzene rings is 1. The quantitative estimate of drug-likeness (QED) is 0.790.